The number of anilines is 1. The fourth-order valence-electron chi connectivity index (χ4n) is 3.87. The summed E-state index contributed by atoms with van der Waals surface area (Å²) >= 11 is 2.05. The van der Waals surface area contributed by atoms with Crippen LogP contribution in [0.4, 0.5) is 5.82 Å². The summed E-state index contributed by atoms with van der Waals surface area (Å²) in [5.74, 6) is 2.28. The summed E-state index contributed by atoms with van der Waals surface area (Å²) in [6.07, 6.45) is 5.98. The average Bonchev–Trinajstić information content (AvgIpc) is 3.04. The van der Waals surface area contributed by atoms with E-state index in [1.165, 1.54) is 25.7 Å². The molecular weight excluding hydrogens is 308 g/mol. The Morgan fingerprint density at radius 3 is 2.83 bits per heavy atom. The number of aryl methyl sites for hydroxylation is 2. The third-order valence-corrected chi connectivity index (χ3v) is 6.28. The lowest BCUT2D eigenvalue weighted by Gasteiger charge is -2.33. The fraction of sp³-hybridized carbons (Fsp3) is 0.765. The van der Waals surface area contributed by atoms with Crippen LogP contribution < -0.4 is 10.2 Å². The Bertz CT molecular complexity index is 557. The Hall–Kier alpha value is -1.01. The number of amides is 1. The molecule has 6 heteroatoms. The number of hydrogen-bond donors (Lipinski definition) is 1. The predicted octanol–water partition coefficient (Wildman–Crippen LogP) is 2.49. The second-order valence-electron chi connectivity index (χ2n) is 6.65. The molecule has 1 aromatic rings. The molecular formula is C17H28N4OS. The van der Waals surface area contributed by atoms with E-state index in [4.69, 9.17) is 0 Å². The number of nitrogens with one attached hydrogen (secondary N) is 1. The molecule has 1 aliphatic heterocycles. The third kappa shape index (κ3) is 3.58. The van der Waals surface area contributed by atoms with Crippen molar-refractivity contribution >= 4 is 23.5 Å². The number of carbonyl (C=O) groups excluding carboxylic acids is 1. The van der Waals surface area contributed by atoms with E-state index in [9.17, 15) is 4.79 Å². The van der Waals surface area contributed by atoms with Crippen LogP contribution >= 0.6 is 11.8 Å². The normalized spacial score (nSPS) is 28.6. The van der Waals surface area contributed by atoms with Crippen molar-refractivity contribution in [3.63, 3.8) is 0 Å². The zero-order valence-corrected chi connectivity index (χ0v) is 15.2. The highest BCUT2D eigenvalue weighted by Gasteiger charge is 2.37. The summed E-state index contributed by atoms with van der Waals surface area (Å²) in [6.45, 7) is 4.98. The summed E-state index contributed by atoms with van der Waals surface area (Å²) < 4.78 is 1.81. The zero-order chi connectivity index (χ0) is 16.4. The lowest BCUT2D eigenvalue weighted by molar-refractivity contribution is -0.119. The first-order valence-corrected chi connectivity index (χ1v) is 9.84. The first-order chi connectivity index (χ1) is 11.1. The van der Waals surface area contributed by atoms with Gasteiger partial charge in [-0.15, -0.1) is 0 Å². The number of nitrogens with zero attached hydrogens (tertiary/aromatic N) is 3. The van der Waals surface area contributed by atoms with Crippen molar-refractivity contribution in [1.82, 2.24) is 15.1 Å². The van der Waals surface area contributed by atoms with Gasteiger partial charge in [-0.1, -0.05) is 19.8 Å². The van der Waals surface area contributed by atoms with E-state index in [2.05, 4.69) is 17.3 Å². The summed E-state index contributed by atoms with van der Waals surface area (Å²) in [5, 5.41) is 8.71. The average molecular weight is 337 g/mol. The van der Waals surface area contributed by atoms with E-state index < -0.39 is 0 Å². The lowest BCUT2D eigenvalue weighted by atomic mass is 9.94. The Labute approximate surface area is 143 Å². The number of rotatable bonds is 5. The molecule has 1 aromatic heterocycles. The van der Waals surface area contributed by atoms with Gasteiger partial charge in [-0.25, -0.2) is 0 Å². The molecule has 1 aliphatic carbocycles. The minimum atomic E-state index is -0.0340. The van der Waals surface area contributed by atoms with Crippen molar-refractivity contribution in [3.8, 4) is 0 Å². The smallest absolute Gasteiger partial charge is 0.245 e. The van der Waals surface area contributed by atoms with Gasteiger partial charge in [-0.2, -0.15) is 16.9 Å². The molecule has 1 amide bonds. The van der Waals surface area contributed by atoms with Crippen LogP contribution in [0.25, 0.3) is 0 Å². The summed E-state index contributed by atoms with van der Waals surface area (Å²) in [7, 11) is 1.91. The molecule has 23 heavy (non-hydrogen) atoms. The van der Waals surface area contributed by atoms with Crippen LogP contribution in [0.1, 0.15) is 44.7 Å². The van der Waals surface area contributed by atoms with Crippen molar-refractivity contribution in [1.29, 1.82) is 0 Å². The van der Waals surface area contributed by atoms with Gasteiger partial charge >= 0.3 is 0 Å². The minimum Gasteiger partial charge on any atom is -0.302 e. The zero-order valence-electron chi connectivity index (χ0n) is 14.4. The number of hydrogen-bond acceptors (Lipinski definition) is 4. The van der Waals surface area contributed by atoms with Crippen molar-refractivity contribution in [2.24, 2.45) is 7.05 Å². The molecule has 0 spiro atoms. The van der Waals surface area contributed by atoms with E-state index in [1.54, 1.807) is 0 Å². The van der Waals surface area contributed by atoms with E-state index in [1.807, 2.05) is 41.4 Å². The molecule has 2 fully saturated rings. The van der Waals surface area contributed by atoms with Gasteiger partial charge in [0, 0.05) is 31.0 Å². The first kappa shape index (κ1) is 16.8. The van der Waals surface area contributed by atoms with Gasteiger partial charge < -0.3 is 5.32 Å². The molecule has 0 radical (unpaired) electrons. The first-order valence-electron chi connectivity index (χ1n) is 8.79. The standard InChI is InChI=1S/C17H28N4OS/c1-4-23-15-8-6-5-7-13(15)18-14-9-10-21(17(14)22)16-11-12(2)19-20(16)3/h11,13-15,18H,4-10H2,1-3H3/t13-,14+,15+/m0/s1. The van der Waals surface area contributed by atoms with Crippen LogP contribution in [0, 0.1) is 6.92 Å². The topological polar surface area (TPSA) is 50.2 Å². The molecule has 3 rings (SSSR count). The number of thioether (sulfide) groups is 1. The summed E-state index contributed by atoms with van der Waals surface area (Å²) in [4.78, 5) is 14.7. The van der Waals surface area contributed by atoms with Crippen LogP contribution in [-0.4, -0.2) is 45.3 Å². The minimum absolute atomic E-state index is 0.0340. The summed E-state index contributed by atoms with van der Waals surface area (Å²) in [6, 6.07) is 2.44. The number of carbonyl (C=O) groups is 1. The Morgan fingerprint density at radius 1 is 1.35 bits per heavy atom. The van der Waals surface area contributed by atoms with Crippen LogP contribution in [0.15, 0.2) is 6.07 Å². The van der Waals surface area contributed by atoms with Crippen LogP contribution in [0.5, 0.6) is 0 Å². The maximum Gasteiger partial charge on any atom is 0.245 e. The van der Waals surface area contributed by atoms with Crippen molar-refractivity contribution < 1.29 is 4.79 Å². The van der Waals surface area contributed by atoms with E-state index in [0.717, 1.165) is 30.2 Å². The molecule has 1 N–H and O–H groups in total. The van der Waals surface area contributed by atoms with Gasteiger partial charge in [0.15, 0.2) is 0 Å². The maximum absolute atomic E-state index is 12.8. The highest BCUT2D eigenvalue weighted by atomic mass is 32.2. The second kappa shape index (κ2) is 7.26. The lowest BCUT2D eigenvalue weighted by Crippen LogP contribution is -2.49. The van der Waals surface area contributed by atoms with Crippen molar-refractivity contribution in [2.75, 3.05) is 17.2 Å². The fourth-order valence-corrected chi connectivity index (χ4v) is 5.08. The highest BCUT2D eigenvalue weighted by molar-refractivity contribution is 7.99. The predicted molar refractivity (Wildman–Crippen MR) is 96.0 cm³/mol. The molecule has 1 saturated carbocycles. The Morgan fingerprint density at radius 2 is 2.13 bits per heavy atom. The molecule has 0 aromatic carbocycles. The molecule has 3 atom stereocenters. The van der Waals surface area contributed by atoms with Gasteiger partial charge in [0.2, 0.25) is 5.91 Å². The number of aromatic nitrogens is 2. The van der Waals surface area contributed by atoms with E-state index >= 15 is 0 Å². The van der Waals surface area contributed by atoms with Crippen LogP contribution in [0.2, 0.25) is 0 Å². The third-order valence-electron chi connectivity index (χ3n) is 4.96. The Kier molecular flexibility index (Phi) is 5.31. The van der Waals surface area contributed by atoms with Crippen molar-refractivity contribution in [3.05, 3.63) is 11.8 Å². The largest absolute Gasteiger partial charge is 0.302 e. The van der Waals surface area contributed by atoms with Crippen LogP contribution in [0.3, 0.4) is 0 Å². The second-order valence-corrected chi connectivity index (χ2v) is 8.17. The molecule has 2 aliphatic rings. The quantitative estimate of drug-likeness (QED) is 0.897. The van der Waals surface area contributed by atoms with Crippen LogP contribution in [-0.2, 0) is 11.8 Å². The monoisotopic (exact) mass is 336 g/mol. The van der Waals surface area contributed by atoms with Gasteiger partial charge in [0.1, 0.15) is 5.82 Å². The van der Waals surface area contributed by atoms with Crippen molar-refractivity contribution in [2.45, 2.75) is 63.3 Å². The molecule has 0 unspecified atom stereocenters. The van der Waals surface area contributed by atoms with E-state index in [-0.39, 0.29) is 11.9 Å². The van der Waals surface area contributed by atoms with Gasteiger partial charge in [0.05, 0.1) is 11.7 Å². The summed E-state index contributed by atoms with van der Waals surface area (Å²) in [5.41, 5.74) is 0.957. The molecule has 0 bridgehead atoms. The van der Waals surface area contributed by atoms with Gasteiger partial charge in [0.25, 0.3) is 0 Å². The van der Waals surface area contributed by atoms with Gasteiger partial charge in [-0.05, 0) is 31.9 Å². The molecule has 2 heterocycles. The molecule has 1 saturated heterocycles. The highest BCUT2D eigenvalue weighted by Crippen LogP contribution is 2.30. The maximum atomic E-state index is 12.8. The Balaban J connectivity index is 1.65. The van der Waals surface area contributed by atoms with E-state index in [0.29, 0.717) is 11.3 Å². The SMILES string of the molecule is CCS[C@@H]1CCCC[C@@H]1N[C@@H]1CCN(c2cc(C)nn2C)C1=O. The molecule has 5 nitrogen and oxygen atoms in total. The van der Waals surface area contributed by atoms with Gasteiger partial charge in [-0.3, -0.25) is 14.4 Å². The molecule has 128 valence electrons.